The third-order valence-electron chi connectivity index (χ3n) is 4.60. The van der Waals surface area contributed by atoms with Crippen molar-refractivity contribution in [1.82, 2.24) is 15.1 Å². The van der Waals surface area contributed by atoms with E-state index in [1.807, 2.05) is 30.7 Å². The fourth-order valence-electron chi connectivity index (χ4n) is 3.22. The number of hydrogen-bond donors (Lipinski definition) is 2. The summed E-state index contributed by atoms with van der Waals surface area (Å²) in [5.41, 5.74) is 5.68. The molecule has 1 aliphatic rings. The Hall–Kier alpha value is -2.56. The molecule has 0 amide bonds. The van der Waals surface area contributed by atoms with E-state index in [9.17, 15) is 4.39 Å². The summed E-state index contributed by atoms with van der Waals surface area (Å²) in [4.78, 5) is 0. The van der Waals surface area contributed by atoms with E-state index in [1.165, 1.54) is 6.07 Å². The van der Waals surface area contributed by atoms with Crippen LogP contribution in [0.25, 0.3) is 5.70 Å². The van der Waals surface area contributed by atoms with Gasteiger partial charge in [-0.1, -0.05) is 26.0 Å². The lowest BCUT2D eigenvalue weighted by molar-refractivity contribution is 0.475. The van der Waals surface area contributed by atoms with Gasteiger partial charge in [-0.05, 0) is 50.0 Å². The number of rotatable bonds is 5. The largest absolute Gasteiger partial charge is 0.380 e. The van der Waals surface area contributed by atoms with Gasteiger partial charge in [-0.15, -0.1) is 0 Å². The Labute approximate surface area is 154 Å². The number of anilines is 1. The Morgan fingerprint density at radius 2 is 2.12 bits per heavy atom. The monoisotopic (exact) mass is 354 g/mol. The van der Waals surface area contributed by atoms with Gasteiger partial charge >= 0.3 is 0 Å². The van der Waals surface area contributed by atoms with E-state index in [2.05, 4.69) is 42.6 Å². The zero-order valence-electron chi connectivity index (χ0n) is 16.2. The average Bonchev–Trinajstić information content (AvgIpc) is 3.15. The van der Waals surface area contributed by atoms with E-state index in [4.69, 9.17) is 0 Å². The lowest BCUT2D eigenvalue weighted by atomic mass is 10.0. The highest BCUT2D eigenvalue weighted by molar-refractivity contribution is 5.73. The van der Waals surface area contributed by atoms with Crippen LogP contribution in [0.3, 0.4) is 0 Å². The van der Waals surface area contributed by atoms with Gasteiger partial charge in [-0.25, -0.2) is 4.39 Å². The Morgan fingerprint density at radius 1 is 1.35 bits per heavy atom. The third kappa shape index (κ3) is 3.82. The number of allylic oxidation sites excluding steroid dienone is 1. The van der Waals surface area contributed by atoms with Crippen molar-refractivity contribution in [2.45, 2.75) is 41.2 Å². The van der Waals surface area contributed by atoms with Gasteiger partial charge in [0.1, 0.15) is 5.82 Å². The maximum Gasteiger partial charge on any atom is 0.152 e. The summed E-state index contributed by atoms with van der Waals surface area (Å²) in [6.45, 7) is 12.0. The maximum absolute atomic E-state index is 14.2. The summed E-state index contributed by atoms with van der Waals surface area (Å²) in [6.07, 6.45) is 2.02. The summed E-state index contributed by atoms with van der Waals surface area (Å²) in [6, 6.07) is 7.23. The first-order chi connectivity index (χ1) is 12.3. The second kappa shape index (κ2) is 7.36. The van der Waals surface area contributed by atoms with Gasteiger partial charge in [0.2, 0.25) is 0 Å². The third-order valence-corrected chi connectivity index (χ3v) is 4.60. The summed E-state index contributed by atoms with van der Waals surface area (Å²) in [5, 5.41) is 11.3. The van der Waals surface area contributed by atoms with Gasteiger partial charge in [-0.2, -0.15) is 5.10 Å². The number of nitrogens with one attached hydrogen (secondary N) is 2. The van der Waals surface area contributed by atoms with Gasteiger partial charge in [-0.3, -0.25) is 4.68 Å². The molecule has 5 heteroatoms. The minimum absolute atomic E-state index is 0.196. The van der Waals surface area contributed by atoms with Crippen LogP contribution in [-0.4, -0.2) is 16.3 Å². The fourth-order valence-corrected chi connectivity index (χ4v) is 3.22. The first kappa shape index (κ1) is 18.2. The molecule has 0 fully saturated rings. The van der Waals surface area contributed by atoms with Crippen molar-refractivity contribution < 1.29 is 4.39 Å². The van der Waals surface area contributed by atoms with Gasteiger partial charge in [0.05, 0.1) is 0 Å². The first-order valence-electron chi connectivity index (χ1n) is 9.07. The smallest absolute Gasteiger partial charge is 0.152 e. The van der Waals surface area contributed by atoms with Gasteiger partial charge in [0.15, 0.2) is 5.82 Å². The second-order valence-corrected chi connectivity index (χ2v) is 7.37. The van der Waals surface area contributed by atoms with E-state index in [1.54, 1.807) is 6.07 Å². The van der Waals surface area contributed by atoms with Crippen LogP contribution in [0, 0.1) is 25.6 Å². The Balaban J connectivity index is 1.82. The molecule has 2 N–H and O–H groups in total. The second-order valence-electron chi connectivity index (χ2n) is 7.37. The Morgan fingerprint density at radius 3 is 2.81 bits per heavy atom. The molecular weight excluding hydrogens is 327 g/mol. The molecule has 0 radical (unpaired) electrons. The minimum Gasteiger partial charge on any atom is -0.380 e. The molecule has 1 aromatic heterocycles. The Kier molecular flexibility index (Phi) is 5.16. The average molecular weight is 354 g/mol. The quantitative estimate of drug-likeness (QED) is 0.823. The molecule has 0 saturated heterocycles. The zero-order chi connectivity index (χ0) is 18.8. The molecule has 0 unspecified atom stereocenters. The summed E-state index contributed by atoms with van der Waals surface area (Å²) in [7, 11) is 0. The van der Waals surface area contributed by atoms with Crippen molar-refractivity contribution in [1.29, 1.82) is 0 Å². The van der Waals surface area contributed by atoms with Crippen LogP contribution in [0.4, 0.5) is 10.2 Å². The molecule has 0 atom stereocenters. The van der Waals surface area contributed by atoms with Crippen molar-refractivity contribution in [3.63, 3.8) is 0 Å². The summed E-state index contributed by atoms with van der Waals surface area (Å²) in [5.74, 6) is 1.20. The van der Waals surface area contributed by atoms with E-state index < -0.39 is 0 Å². The maximum atomic E-state index is 14.2. The van der Waals surface area contributed by atoms with Crippen LogP contribution in [0.2, 0.25) is 0 Å². The molecule has 4 nitrogen and oxygen atoms in total. The number of nitrogens with zero attached hydrogens (tertiary/aromatic N) is 2. The molecule has 0 aliphatic carbocycles. The van der Waals surface area contributed by atoms with E-state index >= 15 is 0 Å². The van der Waals surface area contributed by atoms with Crippen LogP contribution < -0.4 is 10.6 Å². The van der Waals surface area contributed by atoms with Crippen molar-refractivity contribution in [3.8, 4) is 0 Å². The number of benzene rings is 1. The van der Waals surface area contributed by atoms with Gasteiger partial charge in [0, 0.05) is 41.8 Å². The molecule has 138 valence electrons. The van der Waals surface area contributed by atoms with Gasteiger partial charge in [0.25, 0.3) is 0 Å². The molecule has 26 heavy (non-hydrogen) atoms. The SMILES string of the molecule is C/C(Nc1cc(C)n(CC(C)C)n1)=C1\C=C(c2c(C)cccc2F)NC1. The van der Waals surface area contributed by atoms with E-state index in [0.29, 0.717) is 18.0 Å². The highest BCUT2D eigenvalue weighted by Crippen LogP contribution is 2.26. The van der Waals surface area contributed by atoms with Crippen LogP contribution in [0.15, 0.2) is 41.6 Å². The standard InChI is InChI=1S/C21H27FN4/c1-13(2)12-26-15(4)9-20(25-26)24-16(5)17-10-19(23-11-17)21-14(3)7-6-8-18(21)22/h6-10,13,23H,11-12H2,1-5H3,(H,24,25)/b17-16-. The molecule has 3 rings (SSSR count). The topological polar surface area (TPSA) is 41.9 Å². The van der Waals surface area contributed by atoms with Crippen LogP contribution in [0.1, 0.15) is 37.6 Å². The van der Waals surface area contributed by atoms with Crippen molar-refractivity contribution in [3.05, 3.63) is 64.2 Å². The van der Waals surface area contributed by atoms with Crippen molar-refractivity contribution in [2.24, 2.45) is 5.92 Å². The first-order valence-corrected chi connectivity index (χ1v) is 9.07. The highest BCUT2D eigenvalue weighted by Gasteiger charge is 2.17. The lowest BCUT2D eigenvalue weighted by Gasteiger charge is -2.08. The van der Waals surface area contributed by atoms with Crippen molar-refractivity contribution in [2.75, 3.05) is 11.9 Å². The molecule has 1 aromatic carbocycles. The normalized spacial score (nSPS) is 15.9. The van der Waals surface area contributed by atoms with Gasteiger partial charge < -0.3 is 10.6 Å². The minimum atomic E-state index is -0.196. The van der Waals surface area contributed by atoms with E-state index in [-0.39, 0.29) is 5.82 Å². The fraction of sp³-hybridized carbons (Fsp3) is 0.381. The molecule has 0 spiro atoms. The van der Waals surface area contributed by atoms with Crippen LogP contribution in [-0.2, 0) is 6.54 Å². The van der Waals surface area contributed by atoms with E-state index in [0.717, 1.165) is 40.6 Å². The van der Waals surface area contributed by atoms with Crippen LogP contribution in [0.5, 0.6) is 0 Å². The molecular formula is C21H27FN4. The van der Waals surface area contributed by atoms with Crippen molar-refractivity contribution >= 4 is 11.5 Å². The molecule has 0 saturated carbocycles. The predicted molar refractivity (Wildman–Crippen MR) is 105 cm³/mol. The van der Waals surface area contributed by atoms with Crippen LogP contribution >= 0.6 is 0 Å². The molecule has 2 heterocycles. The summed E-state index contributed by atoms with van der Waals surface area (Å²) >= 11 is 0. The zero-order valence-corrected chi connectivity index (χ0v) is 16.2. The number of hydrogen-bond acceptors (Lipinski definition) is 3. The predicted octanol–water partition coefficient (Wildman–Crippen LogP) is 4.63. The molecule has 1 aliphatic heterocycles. The number of aryl methyl sites for hydroxylation is 2. The lowest BCUT2D eigenvalue weighted by Crippen LogP contribution is -2.11. The number of halogens is 1. The highest BCUT2D eigenvalue weighted by atomic mass is 19.1. The molecule has 2 aromatic rings. The molecule has 0 bridgehead atoms. The summed E-state index contributed by atoms with van der Waals surface area (Å²) < 4.78 is 16.2. The Bertz CT molecular complexity index is 854. The number of aromatic nitrogens is 2.